The zero-order chi connectivity index (χ0) is 13.0. The van der Waals surface area contributed by atoms with Crippen molar-refractivity contribution in [3.8, 4) is 16.5 Å². The summed E-state index contributed by atoms with van der Waals surface area (Å²) in [4.78, 5) is 12.3. The van der Waals surface area contributed by atoms with Gasteiger partial charge in [-0.25, -0.2) is 0 Å². The molecule has 1 heterocycles. The van der Waals surface area contributed by atoms with Crippen LogP contribution in [0.2, 0.25) is 0 Å². The fraction of sp³-hybridized carbons (Fsp3) is 0.143. The lowest BCUT2D eigenvalue weighted by molar-refractivity contribution is -0.139. The van der Waals surface area contributed by atoms with Gasteiger partial charge >= 0.3 is 5.97 Å². The molecule has 0 amide bonds. The van der Waals surface area contributed by atoms with E-state index in [1.54, 1.807) is 23.5 Å². The van der Waals surface area contributed by atoms with Crippen LogP contribution in [0.25, 0.3) is 10.4 Å². The normalized spacial score (nSPS) is 9.78. The first-order chi connectivity index (χ1) is 8.74. The molecule has 0 saturated carbocycles. The van der Waals surface area contributed by atoms with E-state index < -0.39 is 0 Å². The number of rotatable bonds is 3. The number of benzene rings is 1. The summed E-state index contributed by atoms with van der Waals surface area (Å²) in [5.74, 6) is -0.247. The van der Waals surface area contributed by atoms with E-state index >= 15 is 0 Å². The van der Waals surface area contributed by atoms with Crippen molar-refractivity contribution < 1.29 is 9.53 Å². The predicted molar refractivity (Wildman–Crippen MR) is 70.2 cm³/mol. The molecule has 0 aliphatic rings. The lowest BCUT2D eigenvalue weighted by Gasteiger charge is -2.03. The molecule has 0 fully saturated rings. The van der Waals surface area contributed by atoms with Crippen LogP contribution >= 0.6 is 11.3 Å². The second kappa shape index (κ2) is 5.48. The molecule has 0 saturated heterocycles. The van der Waals surface area contributed by atoms with Crippen molar-refractivity contribution in [2.45, 2.75) is 6.42 Å². The highest BCUT2D eigenvalue weighted by atomic mass is 32.1. The number of thiophene rings is 1. The molecule has 0 unspecified atom stereocenters. The van der Waals surface area contributed by atoms with Gasteiger partial charge in [0, 0.05) is 4.88 Å². The number of hydrogen-bond donors (Lipinski definition) is 0. The Kier molecular flexibility index (Phi) is 3.75. The van der Waals surface area contributed by atoms with Crippen molar-refractivity contribution in [3.05, 3.63) is 46.8 Å². The van der Waals surface area contributed by atoms with Gasteiger partial charge in [-0.05, 0) is 34.7 Å². The fourth-order valence-corrected chi connectivity index (χ4v) is 2.58. The first kappa shape index (κ1) is 12.3. The molecule has 1 aromatic carbocycles. The Labute approximate surface area is 109 Å². The molecule has 1 aromatic heterocycles. The fourth-order valence-electron chi connectivity index (χ4n) is 1.65. The van der Waals surface area contributed by atoms with Crippen LogP contribution in [0.4, 0.5) is 0 Å². The van der Waals surface area contributed by atoms with E-state index in [9.17, 15) is 4.79 Å². The highest BCUT2D eigenvalue weighted by Crippen LogP contribution is 2.30. The third-order valence-corrected chi connectivity index (χ3v) is 3.59. The summed E-state index contributed by atoms with van der Waals surface area (Å²) >= 11 is 1.58. The molecule has 90 valence electrons. The molecule has 0 radical (unpaired) electrons. The Bertz CT molecular complexity index is 593. The monoisotopic (exact) mass is 257 g/mol. The third kappa shape index (κ3) is 2.58. The minimum absolute atomic E-state index is 0.247. The van der Waals surface area contributed by atoms with Crippen molar-refractivity contribution in [1.82, 2.24) is 0 Å². The van der Waals surface area contributed by atoms with Crippen LogP contribution in [-0.4, -0.2) is 13.1 Å². The van der Waals surface area contributed by atoms with E-state index in [0.29, 0.717) is 5.56 Å². The van der Waals surface area contributed by atoms with E-state index in [1.807, 2.05) is 23.6 Å². The number of carbonyl (C=O) groups excluding carboxylic acids is 1. The summed E-state index contributed by atoms with van der Waals surface area (Å²) in [6.45, 7) is 0. The van der Waals surface area contributed by atoms with Crippen LogP contribution in [0.1, 0.15) is 11.1 Å². The first-order valence-corrected chi connectivity index (χ1v) is 6.26. The summed E-state index contributed by atoms with van der Waals surface area (Å²) < 4.78 is 4.67. The number of hydrogen-bond acceptors (Lipinski definition) is 4. The topological polar surface area (TPSA) is 50.1 Å². The maximum Gasteiger partial charge on any atom is 0.310 e. The Balaban J connectivity index is 2.30. The van der Waals surface area contributed by atoms with Crippen LogP contribution in [-0.2, 0) is 16.0 Å². The molecular weight excluding hydrogens is 246 g/mol. The standard InChI is InChI=1S/C14H11NO2S/c1-17-13(16)8-12-6-7-18-14(12)11-4-2-10(9-15)3-5-11/h2-7H,8H2,1H3. The van der Waals surface area contributed by atoms with Crippen LogP contribution in [0.15, 0.2) is 35.7 Å². The summed E-state index contributed by atoms with van der Waals surface area (Å²) in [6.07, 6.45) is 0.273. The van der Waals surface area contributed by atoms with E-state index in [1.165, 1.54) is 7.11 Å². The average Bonchev–Trinajstić information content (AvgIpc) is 2.86. The molecule has 4 heteroatoms. The van der Waals surface area contributed by atoms with Crippen molar-refractivity contribution in [2.75, 3.05) is 7.11 Å². The summed E-state index contributed by atoms with van der Waals surface area (Å²) in [6, 6.07) is 11.3. The van der Waals surface area contributed by atoms with E-state index in [-0.39, 0.29) is 12.4 Å². The third-order valence-electron chi connectivity index (χ3n) is 2.59. The van der Waals surface area contributed by atoms with Gasteiger partial charge in [-0.1, -0.05) is 12.1 Å². The molecular formula is C14H11NO2S. The number of nitriles is 1. The number of esters is 1. The van der Waals surface area contributed by atoms with Crippen molar-refractivity contribution in [1.29, 1.82) is 5.26 Å². The number of ether oxygens (including phenoxy) is 1. The van der Waals surface area contributed by atoms with Gasteiger partial charge in [-0.15, -0.1) is 11.3 Å². The Hall–Kier alpha value is -2.12. The molecule has 18 heavy (non-hydrogen) atoms. The molecule has 0 aliphatic heterocycles. The van der Waals surface area contributed by atoms with Gasteiger partial charge in [0.15, 0.2) is 0 Å². The average molecular weight is 257 g/mol. The van der Waals surface area contributed by atoms with Crippen LogP contribution in [0, 0.1) is 11.3 Å². The minimum Gasteiger partial charge on any atom is -0.469 e. The van der Waals surface area contributed by atoms with Crippen LogP contribution in [0.3, 0.4) is 0 Å². The number of methoxy groups -OCH3 is 1. The maximum absolute atomic E-state index is 11.3. The quantitative estimate of drug-likeness (QED) is 0.794. The molecule has 0 atom stereocenters. The van der Waals surface area contributed by atoms with E-state index in [2.05, 4.69) is 10.8 Å². The second-order valence-corrected chi connectivity index (χ2v) is 4.63. The molecule has 3 nitrogen and oxygen atoms in total. The van der Waals surface area contributed by atoms with Gasteiger partial charge in [0.1, 0.15) is 0 Å². The van der Waals surface area contributed by atoms with Gasteiger partial charge < -0.3 is 4.74 Å². The molecule has 2 aromatic rings. The van der Waals surface area contributed by atoms with Gasteiger partial charge in [-0.2, -0.15) is 5.26 Å². The molecule has 2 rings (SSSR count). The van der Waals surface area contributed by atoms with E-state index in [4.69, 9.17) is 5.26 Å². The van der Waals surface area contributed by atoms with Crippen molar-refractivity contribution >= 4 is 17.3 Å². The zero-order valence-electron chi connectivity index (χ0n) is 9.84. The van der Waals surface area contributed by atoms with Gasteiger partial charge in [0.05, 0.1) is 25.2 Å². The predicted octanol–water partition coefficient (Wildman–Crippen LogP) is 3.00. The largest absolute Gasteiger partial charge is 0.469 e. The summed E-state index contributed by atoms with van der Waals surface area (Å²) in [5, 5.41) is 10.7. The first-order valence-electron chi connectivity index (χ1n) is 5.38. The molecule has 0 N–H and O–H groups in total. The van der Waals surface area contributed by atoms with Crippen molar-refractivity contribution in [2.24, 2.45) is 0 Å². The minimum atomic E-state index is -0.247. The zero-order valence-corrected chi connectivity index (χ0v) is 10.7. The SMILES string of the molecule is COC(=O)Cc1ccsc1-c1ccc(C#N)cc1. The van der Waals surface area contributed by atoms with Gasteiger partial charge in [-0.3, -0.25) is 4.79 Å². The summed E-state index contributed by atoms with van der Waals surface area (Å²) in [5.41, 5.74) is 2.60. The highest BCUT2D eigenvalue weighted by molar-refractivity contribution is 7.13. The Morgan fingerprint density at radius 1 is 1.33 bits per heavy atom. The smallest absolute Gasteiger partial charge is 0.310 e. The maximum atomic E-state index is 11.3. The number of nitrogens with zero attached hydrogens (tertiary/aromatic N) is 1. The lowest BCUT2D eigenvalue weighted by Crippen LogP contribution is -2.04. The number of carbonyl (C=O) groups is 1. The molecule has 0 spiro atoms. The Morgan fingerprint density at radius 3 is 2.67 bits per heavy atom. The van der Waals surface area contributed by atoms with E-state index in [0.717, 1.165) is 16.0 Å². The molecule has 0 bridgehead atoms. The summed E-state index contributed by atoms with van der Waals surface area (Å²) in [7, 11) is 1.39. The van der Waals surface area contributed by atoms with Gasteiger partial charge in [0.25, 0.3) is 0 Å². The highest BCUT2D eigenvalue weighted by Gasteiger charge is 2.11. The lowest BCUT2D eigenvalue weighted by atomic mass is 10.1. The second-order valence-electron chi connectivity index (χ2n) is 3.72. The van der Waals surface area contributed by atoms with Crippen LogP contribution < -0.4 is 0 Å². The Morgan fingerprint density at radius 2 is 2.06 bits per heavy atom. The molecule has 0 aliphatic carbocycles. The van der Waals surface area contributed by atoms with Crippen molar-refractivity contribution in [3.63, 3.8) is 0 Å². The van der Waals surface area contributed by atoms with Gasteiger partial charge in [0.2, 0.25) is 0 Å². The van der Waals surface area contributed by atoms with Crippen LogP contribution in [0.5, 0.6) is 0 Å².